The zero-order valence-corrected chi connectivity index (χ0v) is 18.6. The van der Waals surface area contributed by atoms with Crippen molar-refractivity contribution in [3.8, 4) is 11.8 Å². The molecule has 0 saturated heterocycles. The van der Waals surface area contributed by atoms with E-state index in [-0.39, 0.29) is 17.3 Å². The van der Waals surface area contributed by atoms with Crippen LogP contribution >= 0.6 is 0 Å². The Balaban J connectivity index is 1.79. The van der Waals surface area contributed by atoms with Crippen molar-refractivity contribution in [2.45, 2.75) is 110 Å². The molecule has 0 bridgehead atoms. The van der Waals surface area contributed by atoms with Crippen LogP contribution in [0.25, 0.3) is 0 Å². The maximum Gasteiger partial charge on any atom is 0.148 e. The molecule has 1 aromatic carbocycles. The van der Waals surface area contributed by atoms with Crippen LogP contribution in [0.1, 0.15) is 121 Å². The largest absolute Gasteiger partial charge is 0.493 e. The molecule has 0 atom stereocenters. The number of hydrogen-bond donors (Lipinski definition) is 0. The number of nitriles is 1. The third-order valence-corrected chi connectivity index (χ3v) is 6.44. The summed E-state index contributed by atoms with van der Waals surface area (Å²) in [4.78, 5) is 0. The van der Waals surface area contributed by atoms with Crippen LogP contribution in [0.3, 0.4) is 0 Å². The summed E-state index contributed by atoms with van der Waals surface area (Å²) in [7, 11) is 0. The molecule has 2 rings (SSSR count). The highest BCUT2D eigenvalue weighted by Crippen LogP contribution is 2.42. The van der Waals surface area contributed by atoms with Gasteiger partial charge in [-0.15, -0.1) is 0 Å². The third kappa shape index (κ3) is 7.65. The van der Waals surface area contributed by atoms with E-state index in [4.69, 9.17) is 4.74 Å². The first-order valence-corrected chi connectivity index (χ1v) is 12.1. The minimum Gasteiger partial charge on any atom is -0.493 e. The van der Waals surface area contributed by atoms with E-state index >= 15 is 0 Å². The molecule has 0 unspecified atom stereocenters. The summed E-state index contributed by atoms with van der Waals surface area (Å²) in [5, 5.41) is 9.22. The summed E-state index contributed by atoms with van der Waals surface area (Å²) in [5.41, 5.74) is 0.799. The van der Waals surface area contributed by atoms with Gasteiger partial charge in [-0.2, -0.15) is 5.26 Å². The second kappa shape index (κ2) is 13.6. The first-order chi connectivity index (χ1) is 14.2. The Hall–Kier alpha value is -1.56. The van der Waals surface area contributed by atoms with Crippen molar-refractivity contribution >= 4 is 0 Å². The minimum atomic E-state index is -0.354. The number of nitrogens with zero attached hydrogens (tertiary/aromatic N) is 1. The Bertz CT molecular complexity index is 628. The second-order valence-electron chi connectivity index (χ2n) is 8.78. The van der Waals surface area contributed by atoms with E-state index in [1.165, 1.54) is 70.6 Å². The van der Waals surface area contributed by atoms with Gasteiger partial charge in [-0.05, 0) is 56.1 Å². The van der Waals surface area contributed by atoms with Gasteiger partial charge in [0.05, 0.1) is 12.2 Å². The van der Waals surface area contributed by atoms with Gasteiger partial charge in [0.2, 0.25) is 0 Å². The van der Waals surface area contributed by atoms with E-state index < -0.39 is 0 Å². The van der Waals surface area contributed by atoms with Crippen LogP contribution in [-0.2, 0) is 0 Å². The zero-order chi connectivity index (χ0) is 20.9. The molecule has 0 spiro atoms. The standard InChI is InChI=1S/C26H40FNO/c1-3-5-6-7-8-9-10-11-12-21-13-15-22(16-14-21)25-24(29-19-4-2)18-17-23(20-28)26(25)27/h17-18,21-22H,3-16,19H2,1-2H3. The lowest BCUT2D eigenvalue weighted by Crippen LogP contribution is -2.16. The van der Waals surface area contributed by atoms with Crippen molar-refractivity contribution in [3.63, 3.8) is 0 Å². The fraction of sp³-hybridized carbons (Fsp3) is 0.731. The van der Waals surface area contributed by atoms with Gasteiger partial charge in [0.25, 0.3) is 0 Å². The number of hydrogen-bond acceptors (Lipinski definition) is 2. The van der Waals surface area contributed by atoms with Crippen LogP contribution in [-0.4, -0.2) is 6.61 Å². The van der Waals surface area contributed by atoms with Crippen molar-refractivity contribution in [1.29, 1.82) is 5.26 Å². The average molecular weight is 402 g/mol. The molecule has 2 nitrogen and oxygen atoms in total. The number of unbranched alkanes of at least 4 members (excludes halogenated alkanes) is 7. The fourth-order valence-electron chi connectivity index (χ4n) is 4.69. The SMILES string of the molecule is CCCCCCCCCCC1CCC(c2c(OCCC)ccc(C#N)c2F)CC1. The molecule has 1 saturated carbocycles. The number of halogens is 1. The lowest BCUT2D eigenvalue weighted by atomic mass is 9.76. The van der Waals surface area contributed by atoms with Crippen LogP contribution < -0.4 is 4.74 Å². The predicted molar refractivity (Wildman–Crippen MR) is 119 cm³/mol. The van der Waals surface area contributed by atoms with E-state index in [2.05, 4.69) is 13.8 Å². The Morgan fingerprint density at radius 2 is 1.59 bits per heavy atom. The van der Waals surface area contributed by atoms with Crippen LogP contribution in [0.4, 0.5) is 4.39 Å². The highest BCUT2D eigenvalue weighted by molar-refractivity contribution is 5.45. The third-order valence-electron chi connectivity index (χ3n) is 6.44. The Morgan fingerprint density at radius 3 is 2.21 bits per heavy atom. The van der Waals surface area contributed by atoms with Gasteiger partial charge in [-0.25, -0.2) is 4.39 Å². The second-order valence-corrected chi connectivity index (χ2v) is 8.78. The first kappa shape index (κ1) is 23.7. The van der Waals surface area contributed by atoms with Crippen molar-refractivity contribution < 1.29 is 9.13 Å². The summed E-state index contributed by atoms with van der Waals surface area (Å²) >= 11 is 0. The molecule has 3 heteroatoms. The fourth-order valence-corrected chi connectivity index (χ4v) is 4.69. The maximum atomic E-state index is 14.9. The Labute approximate surface area is 177 Å². The molecule has 0 amide bonds. The van der Waals surface area contributed by atoms with E-state index in [0.717, 1.165) is 25.2 Å². The van der Waals surface area contributed by atoms with Gasteiger partial charge < -0.3 is 4.74 Å². The minimum absolute atomic E-state index is 0.143. The number of ether oxygens (including phenoxy) is 1. The van der Waals surface area contributed by atoms with Gasteiger partial charge in [0.15, 0.2) is 0 Å². The maximum absolute atomic E-state index is 14.9. The smallest absolute Gasteiger partial charge is 0.148 e. The van der Waals surface area contributed by atoms with Gasteiger partial charge in [-0.1, -0.05) is 71.6 Å². The molecule has 0 N–H and O–H groups in total. The first-order valence-electron chi connectivity index (χ1n) is 12.1. The van der Waals surface area contributed by atoms with Crippen LogP contribution in [0.5, 0.6) is 5.75 Å². The molecule has 162 valence electrons. The zero-order valence-electron chi connectivity index (χ0n) is 18.6. The summed E-state index contributed by atoms with van der Waals surface area (Å²) in [6, 6.07) is 5.34. The highest BCUT2D eigenvalue weighted by atomic mass is 19.1. The molecule has 1 fully saturated rings. The van der Waals surface area contributed by atoms with Gasteiger partial charge in [-0.3, -0.25) is 0 Å². The van der Waals surface area contributed by atoms with Crippen molar-refractivity contribution in [2.75, 3.05) is 6.61 Å². The van der Waals surface area contributed by atoms with Crippen molar-refractivity contribution in [2.24, 2.45) is 5.92 Å². The van der Waals surface area contributed by atoms with Crippen molar-refractivity contribution in [3.05, 3.63) is 29.1 Å². The molecular formula is C26H40FNO. The van der Waals surface area contributed by atoms with Crippen LogP contribution in [0.2, 0.25) is 0 Å². The van der Waals surface area contributed by atoms with E-state index in [1.807, 2.05) is 6.07 Å². The van der Waals surface area contributed by atoms with Gasteiger partial charge in [0.1, 0.15) is 17.6 Å². The highest BCUT2D eigenvalue weighted by Gasteiger charge is 2.28. The number of benzene rings is 1. The lowest BCUT2D eigenvalue weighted by molar-refractivity contribution is 0.279. The van der Waals surface area contributed by atoms with Crippen LogP contribution in [0, 0.1) is 23.1 Å². The summed E-state index contributed by atoms with van der Waals surface area (Å²) in [6.07, 6.45) is 17.5. The molecular weight excluding hydrogens is 361 g/mol. The normalized spacial score (nSPS) is 19.1. The molecule has 0 heterocycles. The van der Waals surface area contributed by atoms with E-state index in [0.29, 0.717) is 17.9 Å². The van der Waals surface area contributed by atoms with Gasteiger partial charge >= 0.3 is 0 Å². The molecule has 1 aliphatic carbocycles. The Kier molecular flexibility index (Phi) is 11.1. The summed E-state index contributed by atoms with van der Waals surface area (Å²) in [5.74, 6) is 1.26. The summed E-state index contributed by atoms with van der Waals surface area (Å²) < 4.78 is 20.8. The average Bonchev–Trinajstić information content (AvgIpc) is 2.75. The lowest BCUT2D eigenvalue weighted by Gasteiger charge is -2.30. The van der Waals surface area contributed by atoms with E-state index in [1.54, 1.807) is 12.1 Å². The molecule has 1 aromatic rings. The topological polar surface area (TPSA) is 33.0 Å². The van der Waals surface area contributed by atoms with Crippen molar-refractivity contribution in [1.82, 2.24) is 0 Å². The van der Waals surface area contributed by atoms with Gasteiger partial charge in [0, 0.05) is 5.56 Å². The molecule has 0 aromatic heterocycles. The summed E-state index contributed by atoms with van der Waals surface area (Å²) in [6.45, 7) is 4.91. The quantitative estimate of drug-likeness (QED) is 0.311. The monoisotopic (exact) mass is 401 g/mol. The molecule has 0 radical (unpaired) electrons. The van der Waals surface area contributed by atoms with Crippen LogP contribution in [0.15, 0.2) is 12.1 Å². The predicted octanol–water partition coefficient (Wildman–Crippen LogP) is 8.29. The van der Waals surface area contributed by atoms with E-state index in [9.17, 15) is 9.65 Å². The molecule has 29 heavy (non-hydrogen) atoms. The molecule has 0 aliphatic heterocycles. The number of rotatable bonds is 13. The Morgan fingerprint density at radius 1 is 0.931 bits per heavy atom. The molecule has 1 aliphatic rings.